The number of hydrogen-bond donors (Lipinski definition) is 1. The number of hydrogen-bond acceptors (Lipinski definition) is 6. The third-order valence-electron chi connectivity index (χ3n) is 6.00. The van der Waals surface area contributed by atoms with Crippen LogP contribution in [0.4, 0.5) is 4.39 Å². The SMILES string of the molecule is CC(=O)NCCCN(C)C1CC(c2nc(-n3nc(C(C)C)c4cccc(F)c43)no2)C1. The third kappa shape index (κ3) is 4.32. The molecular formula is C22H29FN6O2. The molecule has 1 N–H and O–H groups in total. The molecule has 1 aromatic carbocycles. The van der Waals surface area contributed by atoms with E-state index in [-0.39, 0.29) is 29.5 Å². The van der Waals surface area contributed by atoms with E-state index in [4.69, 9.17) is 4.52 Å². The molecule has 0 aliphatic heterocycles. The average Bonchev–Trinajstić information content (AvgIpc) is 3.29. The van der Waals surface area contributed by atoms with Crippen LogP contribution in [0.25, 0.3) is 16.9 Å². The van der Waals surface area contributed by atoms with Gasteiger partial charge in [-0.15, -0.1) is 0 Å². The van der Waals surface area contributed by atoms with Gasteiger partial charge in [0.1, 0.15) is 11.3 Å². The summed E-state index contributed by atoms with van der Waals surface area (Å²) >= 11 is 0. The second-order valence-electron chi connectivity index (χ2n) is 8.66. The fraction of sp³-hybridized carbons (Fsp3) is 0.545. The van der Waals surface area contributed by atoms with Gasteiger partial charge in [-0.1, -0.05) is 26.0 Å². The largest absolute Gasteiger partial charge is 0.356 e. The van der Waals surface area contributed by atoms with E-state index in [1.54, 1.807) is 6.07 Å². The summed E-state index contributed by atoms with van der Waals surface area (Å²) < 4.78 is 21.6. The Bertz CT molecular complexity index is 1070. The maximum absolute atomic E-state index is 14.6. The Morgan fingerprint density at radius 2 is 2.16 bits per heavy atom. The molecule has 8 nitrogen and oxygen atoms in total. The quantitative estimate of drug-likeness (QED) is 0.554. The Morgan fingerprint density at radius 1 is 1.39 bits per heavy atom. The monoisotopic (exact) mass is 428 g/mol. The summed E-state index contributed by atoms with van der Waals surface area (Å²) in [5.41, 5.74) is 1.19. The molecule has 31 heavy (non-hydrogen) atoms. The number of carbonyl (C=O) groups is 1. The van der Waals surface area contributed by atoms with Gasteiger partial charge in [-0.2, -0.15) is 14.8 Å². The molecule has 0 spiro atoms. The van der Waals surface area contributed by atoms with Gasteiger partial charge in [0, 0.05) is 30.8 Å². The molecular weight excluding hydrogens is 399 g/mol. The van der Waals surface area contributed by atoms with Crippen LogP contribution >= 0.6 is 0 Å². The molecule has 3 aromatic rings. The van der Waals surface area contributed by atoms with Crippen molar-refractivity contribution in [2.24, 2.45) is 0 Å². The average molecular weight is 429 g/mol. The molecule has 4 rings (SSSR count). The van der Waals surface area contributed by atoms with Crippen molar-refractivity contribution in [3.05, 3.63) is 35.6 Å². The molecule has 2 heterocycles. The van der Waals surface area contributed by atoms with Crippen molar-refractivity contribution in [2.45, 2.75) is 57.9 Å². The standard InChI is InChI=1S/C22H29FN6O2/c1-13(2)19-17-7-5-8-18(23)20(17)29(26-19)22-25-21(31-27-22)15-11-16(12-15)28(4)10-6-9-24-14(3)30/h5,7-8,13,15-16H,6,9-12H2,1-4H3,(H,24,30). The van der Waals surface area contributed by atoms with Gasteiger partial charge in [-0.25, -0.2) is 4.39 Å². The van der Waals surface area contributed by atoms with Gasteiger partial charge in [0.25, 0.3) is 5.95 Å². The van der Waals surface area contributed by atoms with Crippen molar-refractivity contribution >= 4 is 16.8 Å². The summed E-state index contributed by atoms with van der Waals surface area (Å²) in [4.78, 5) is 17.8. The van der Waals surface area contributed by atoms with Crippen molar-refractivity contribution in [3.63, 3.8) is 0 Å². The van der Waals surface area contributed by atoms with Gasteiger partial charge >= 0.3 is 0 Å². The van der Waals surface area contributed by atoms with Gasteiger partial charge in [0.2, 0.25) is 11.8 Å². The van der Waals surface area contributed by atoms with Crippen LogP contribution in [0.5, 0.6) is 0 Å². The number of carbonyl (C=O) groups excluding carboxylic acids is 1. The zero-order chi connectivity index (χ0) is 22.1. The third-order valence-corrected chi connectivity index (χ3v) is 6.00. The summed E-state index contributed by atoms with van der Waals surface area (Å²) in [5.74, 6) is 0.829. The lowest BCUT2D eigenvalue weighted by Crippen LogP contribution is -2.42. The fourth-order valence-electron chi connectivity index (χ4n) is 4.12. The number of rotatable bonds is 8. The van der Waals surface area contributed by atoms with Gasteiger partial charge in [-0.05, 0) is 50.0 Å². The predicted octanol–water partition coefficient (Wildman–Crippen LogP) is 3.38. The van der Waals surface area contributed by atoms with E-state index >= 15 is 0 Å². The van der Waals surface area contributed by atoms with Crippen LogP contribution in [0.2, 0.25) is 0 Å². The Balaban J connectivity index is 1.43. The molecule has 0 radical (unpaired) electrons. The summed E-state index contributed by atoms with van der Waals surface area (Å²) in [6.07, 6.45) is 2.78. The number of amides is 1. The Kier molecular flexibility index (Phi) is 6.04. The number of nitrogens with one attached hydrogen (secondary N) is 1. The maximum atomic E-state index is 14.6. The van der Waals surface area contributed by atoms with E-state index in [0.29, 0.717) is 24.0 Å². The summed E-state index contributed by atoms with van der Waals surface area (Å²) in [6.45, 7) is 7.20. The molecule has 0 unspecified atom stereocenters. The molecule has 0 bridgehead atoms. The normalized spacial score (nSPS) is 18.7. The van der Waals surface area contributed by atoms with E-state index in [9.17, 15) is 9.18 Å². The summed E-state index contributed by atoms with van der Waals surface area (Å²) in [7, 11) is 2.10. The van der Waals surface area contributed by atoms with Crippen molar-refractivity contribution < 1.29 is 13.7 Å². The van der Waals surface area contributed by atoms with E-state index in [2.05, 4.69) is 32.5 Å². The van der Waals surface area contributed by atoms with Gasteiger partial charge < -0.3 is 14.7 Å². The van der Waals surface area contributed by atoms with Crippen molar-refractivity contribution in [1.29, 1.82) is 0 Å². The van der Waals surface area contributed by atoms with Crippen molar-refractivity contribution in [2.75, 3.05) is 20.1 Å². The molecule has 2 aromatic heterocycles. The highest BCUT2D eigenvalue weighted by Crippen LogP contribution is 2.39. The fourth-order valence-corrected chi connectivity index (χ4v) is 4.12. The number of para-hydroxylation sites is 1. The molecule has 9 heteroatoms. The minimum Gasteiger partial charge on any atom is -0.356 e. The maximum Gasteiger partial charge on any atom is 0.291 e. The van der Waals surface area contributed by atoms with Gasteiger partial charge in [-0.3, -0.25) is 4.79 Å². The Labute approximate surface area is 180 Å². The smallest absolute Gasteiger partial charge is 0.291 e. The first-order valence-electron chi connectivity index (χ1n) is 10.8. The van der Waals surface area contributed by atoms with E-state index in [1.165, 1.54) is 17.7 Å². The topological polar surface area (TPSA) is 89.1 Å². The number of fused-ring (bicyclic) bond motifs is 1. The number of benzene rings is 1. The predicted molar refractivity (Wildman–Crippen MR) is 115 cm³/mol. The Morgan fingerprint density at radius 3 is 2.87 bits per heavy atom. The van der Waals surface area contributed by atoms with Gasteiger partial charge in [0.15, 0.2) is 0 Å². The second-order valence-corrected chi connectivity index (χ2v) is 8.66. The lowest BCUT2D eigenvalue weighted by atomic mass is 9.79. The highest BCUT2D eigenvalue weighted by molar-refractivity contribution is 5.84. The van der Waals surface area contributed by atoms with Crippen LogP contribution in [-0.2, 0) is 4.79 Å². The van der Waals surface area contributed by atoms with Crippen LogP contribution in [0.3, 0.4) is 0 Å². The first-order valence-corrected chi connectivity index (χ1v) is 10.8. The second kappa shape index (κ2) is 8.74. The molecule has 166 valence electrons. The highest BCUT2D eigenvalue weighted by atomic mass is 19.1. The lowest BCUT2D eigenvalue weighted by Gasteiger charge is -2.39. The highest BCUT2D eigenvalue weighted by Gasteiger charge is 2.36. The van der Waals surface area contributed by atoms with E-state index in [0.717, 1.165) is 36.9 Å². The number of halogens is 1. The molecule has 0 atom stereocenters. The zero-order valence-corrected chi connectivity index (χ0v) is 18.4. The zero-order valence-electron chi connectivity index (χ0n) is 18.4. The molecule has 1 saturated carbocycles. The number of nitrogens with zero attached hydrogens (tertiary/aromatic N) is 5. The summed E-state index contributed by atoms with van der Waals surface area (Å²) in [5, 5.41) is 12.3. The van der Waals surface area contributed by atoms with Gasteiger partial charge in [0.05, 0.1) is 5.69 Å². The minimum atomic E-state index is -0.354. The lowest BCUT2D eigenvalue weighted by molar-refractivity contribution is -0.118. The first-order chi connectivity index (χ1) is 14.8. The minimum absolute atomic E-state index is 0.00363. The van der Waals surface area contributed by atoms with Crippen molar-refractivity contribution in [3.8, 4) is 5.95 Å². The molecule has 0 saturated heterocycles. The van der Waals surface area contributed by atoms with E-state index in [1.807, 2.05) is 19.9 Å². The first kappa shape index (κ1) is 21.4. The molecule has 1 aliphatic rings. The van der Waals surface area contributed by atoms with Crippen LogP contribution in [0.15, 0.2) is 22.7 Å². The molecule has 1 fully saturated rings. The Hall–Kier alpha value is -2.81. The number of aromatic nitrogens is 4. The molecule has 1 amide bonds. The van der Waals surface area contributed by atoms with Crippen LogP contribution in [0, 0.1) is 5.82 Å². The van der Waals surface area contributed by atoms with E-state index < -0.39 is 0 Å². The van der Waals surface area contributed by atoms with Crippen molar-refractivity contribution in [1.82, 2.24) is 30.1 Å². The van der Waals surface area contributed by atoms with Crippen LogP contribution in [0.1, 0.15) is 63.5 Å². The summed E-state index contributed by atoms with van der Waals surface area (Å²) in [6, 6.07) is 5.44. The van der Waals surface area contributed by atoms with Crippen LogP contribution < -0.4 is 5.32 Å². The van der Waals surface area contributed by atoms with Crippen LogP contribution in [-0.4, -0.2) is 56.9 Å². The molecule has 1 aliphatic carbocycles.